The maximum atomic E-state index is 9.88. The highest BCUT2D eigenvalue weighted by Crippen LogP contribution is 2.31. The Morgan fingerprint density at radius 3 is 2.44 bits per heavy atom. The van der Waals surface area contributed by atoms with E-state index in [1.165, 1.54) is 0 Å². The van der Waals surface area contributed by atoms with Gasteiger partial charge in [0.1, 0.15) is 5.75 Å². The summed E-state index contributed by atoms with van der Waals surface area (Å²) in [4.78, 5) is 2.35. The van der Waals surface area contributed by atoms with Gasteiger partial charge in [-0.1, -0.05) is 22.9 Å². The van der Waals surface area contributed by atoms with Gasteiger partial charge < -0.3 is 5.11 Å². The van der Waals surface area contributed by atoms with Crippen molar-refractivity contribution >= 4 is 15.9 Å². The first-order valence-corrected chi connectivity index (χ1v) is 6.50. The Morgan fingerprint density at radius 1 is 1.31 bits per heavy atom. The van der Waals surface area contributed by atoms with E-state index in [2.05, 4.69) is 48.5 Å². The fraction of sp³-hybridized carbons (Fsp3) is 0.538. The standard InChI is InChI=1S/C13H20BrNO/c1-5-15(9(2)3)10(4)12-8-11(14)6-7-13(12)16/h6-10,16H,5H2,1-4H3. The summed E-state index contributed by atoms with van der Waals surface area (Å²) in [7, 11) is 0. The number of nitrogens with zero attached hydrogens (tertiary/aromatic N) is 1. The normalized spacial score (nSPS) is 13.4. The van der Waals surface area contributed by atoms with Crippen LogP contribution >= 0.6 is 15.9 Å². The highest BCUT2D eigenvalue weighted by molar-refractivity contribution is 9.10. The predicted octanol–water partition coefficient (Wildman–Crippen LogP) is 3.95. The van der Waals surface area contributed by atoms with E-state index in [4.69, 9.17) is 0 Å². The van der Waals surface area contributed by atoms with Crippen LogP contribution < -0.4 is 0 Å². The van der Waals surface area contributed by atoms with Gasteiger partial charge in [-0.25, -0.2) is 0 Å². The molecule has 0 heterocycles. The average Bonchev–Trinajstić information content (AvgIpc) is 2.22. The van der Waals surface area contributed by atoms with Gasteiger partial charge in [-0.3, -0.25) is 4.90 Å². The van der Waals surface area contributed by atoms with E-state index in [1.54, 1.807) is 6.07 Å². The summed E-state index contributed by atoms with van der Waals surface area (Å²) in [5, 5.41) is 9.88. The number of rotatable bonds is 4. The van der Waals surface area contributed by atoms with E-state index in [0.717, 1.165) is 16.6 Å². The Morgan fingerprint density at radius 2 is 1.94 bits per heavy atom. The fourth-order valence-electron chi connectivity index (χ4n) is 2.12. The lowest BCUT2D eigenvalue weighted by molar-refractivity contribution is 0.172. The lowest BCUT2D eigenvalue weighted by atomic mass is 10.0. The van der Waals surface area contributed by atoms with Gasteiger partial charge in [0.25, 0.3) is 0 Å². The molecule has 0 fully saturated rings. The molecule has 0 aliphatic rings. The van der Waals surface area contributed by atoms with E-state index in [9.17, 15) is 5.11 Å². The minimum Gasteiger partial charge on any atom is -0.508 e. The van der Waals surface area contributed by atoms with Crippen LogP contribution in [-0.4, -0.2) is 22.6 Å². The Labute approximate surface area is 106 Å². The van der Waals surface area contributed by atoms with Crippen molar-refractivity contribution in [3.8, 4) is 5.75 Å². The molecule has 16 heavy (non-hydrogen) atoms. The Hall–Kier alpha value is -0.540. The monoisotopic (exact) mass is 285 g/mol. The topological polar surface area (TPSA) is 23.5 Å². The minimum atomic E-state index is 0.225. The molecule has 0 aromatic heterocycles. The summed E-state index contributed by atoms with van der Waals surface area (Å²) in [6, 6.07) is 6.28. The third kappa shape index (κ3) is 2.98. The fourth-order valence-corrected chi connectivity index (χ4v) is 2.50. The first kappa shape index (κ1) is 13.5. The summed E-state index contributed by atoms with van der Waals surface area (Å²) in [6.45, 7) is 9.60. The smallest absolute Gasteiger partial charge is 0.120 e. The maximum absolute atomic E-state index is 9.88. The number of halogens is 1. The van der Waals surface area contributed by atoms with Crippen LogP contribution in [0.5, 0.6) is 5.75 Å². The Balaban J connectivity index is 3.02. The van der Waals surface area contributed by atoms with Crippen LogP contribution in [0.3, 0.4) is 0 Å². The van der Waals surface area contributed by atoms with Crippen molar-refractivity contribution in [1.29, 1.82) is 0 Å². The first-order chi connectivity index (χ1) is 7.47. The Bertz CT molecular complexity index is 352. The molecule has 0 aliphatic carbocycles. The van der Waals surface area contributed by atoms with Gasteiger partial charge in [-0.15, -0.1) is 0 Å². The van der Waals surface area contributed by atoms with Crippen molar-refractivity contribution in [2.24, 2.45) is 0 Å². The van der Waals surface area contributed by atoms with Crippen LogP contribution in [0.25, 0.3) is 0 Å². The van der Waals surface area contributed by atoms with Crippen molar-refractivity contribution in [1.82, 2.24) is 4.90 Å². The van der Waals surface area contributed by atoms with Crippen LogP contribution in [0.2, 0.25) is 0 Å². The van der Waals surface area contributed by atoms with Crippen molar-refractivity contribution in [2.45, 2.75) is 39.8 Å². The molecule has 0 amide bonds. The lowest BCUT2D eigenvalue weighted by Crippen LogP contribution is -2.33. The molecular weight excluding hydrogens is 266 g/mol. The second-order valence-electron chi connectivity index (χ2n) is 4.30. The van der Waals surface area contributed by atoms with Gasteiger partial charge >= 0.3 is 0 Å². The zero-order valence-electron chi connectivity index (χ0n) is 10.4. The quantitative estimate of drug-likeness (QED) is 0.906. The third-order valence-corrected chi connectivity index (χ3v) is 3.46. The van der Waals surface area contributed by atoms with Crippen molar-refractivity contribution < 1.29 is 5.11 Å². The van der Waals surface area contributed by atoms with Crippen molar-refractivity contribution in [2.75, 3.05) is 6.54 Å². The van der Waals surface area contributed by atoms with Gasteiger partial charge in [0.05, 0.1) is 0 Å². The molecule has 3 heteroatoms. The number of benzene rings is 1. The SMILES string of the molecule is CCN(C(C)C)C(C)c1cc(Br)ccc1O. The average molecular weight is 286 g/mol. The second kappa shape index (κ2) is 5.69. The van der Waals surface area contributed by atoms with Crippen LogP contribution in [0.1, 0.15) is 39.3 Å². The van der Waals surface area contributed by atoms with Gasteiger partial charge in [0.15, 0.2) is 0 Å². The number of hydrogen-bond donors (Lipinski definition) is 1. The molecule has 0 bridgehead atoms. The van der Waals surface area contributed by atoms with Crippen LogP contribution in [0, 0.1) is 0 Å². The van der Waals surface area contributed by atoms with Crippen molar-refractivity contribution in [3.63, 3.8) is 0 Å². The van der Waals surface area contributed by atoms with Gasteiger partial charge in [0.2, 0.25) is 0 Å². The molecule has 0 aliphatic heterocycles. The maximum Gasteiger partial charge on any atom is 0.120 e. The van der Waals surface area contributed by atoms with Gasteiger partial charge in [-0.2, -0.15) is 0 Å². The third-order valence-electron chi connectivity index (χ3n) is 2.97. The summed E-state index contributed by atoms with van der Waals surface area (Å²) < 4.78 is 1.01. The number of hydrogen-bond acceptors (Lipinski definition) is 2. The number of aromatic hydroxyl groups is 1. The van der Waals surface area contributed by atoms with E-state index >= 15 is 0 Å². The van der Waals surface area contributed by atoms with Crippen LogP contribution in [0.15, 0.2) is 22.7 Å². The molecule has 1 aromatic rings. The minimum absolute atomic E-state index is 0.225. The van der Waals surface area contributed by atoms with E-state index < -0.39 is 0 Å². The van der Waals surface area contributed by atoms with E-state index in [1.807, 2.05) is 12.1 Å². The molecule has 0 spiro atoms. The molecule has 0 radical (unpaired) electrons. The van der Waals surface area contributed by atoms with Gasteiger partial charge in [-0.05, 0) is 45.5 Å². The summed E-state index contributed by atoms with van der Waals surface area (Å²) in [6.07, 6.45) is 0. The molecule has 1 unspecified atom stereocenters. The summed E-state index contributed by atoms with van der Waals surface area (Å²) >= 11 is 3.44. The first-order valence-electron chi connectivity index (χ1n) is 5.71. The molecule has 1 aromatic carbocycles. The molecule has 90 valence electrons. The number of phenols is 1. The van der Waals surface area contributed by atoms with Crippen LogP contribution in [-0.2, 0) is 0 Å². The zero-order valence-corrected chi connectivity index (χ0v) is 12.0. The lowest BCUT2D eigenvalue weighted by Gasteiger charge is -2.32. The molecule has 1 atom stereocenters. The highest BCUT2D eigenvalue weighted by Gasteiger charge is 2.19. The zero-order chi connectivity index (χ0) is 12.3. The second-order valence-corrected chi connectivity index (χ2v) is 5.22. The highest BCUT2D eigenvalue weighted by atomic mass is 79.9. The molecule has 2 nitrogen and oxygen atoms in total. The Kier molecular flexibility index (Phi) is 4.81. The molecule has 1 rings (SSSR count). The van der Waals surface area contributed by atoms with Gasteiger partial charge in [0, 0.05) is 22.1 Å². The molecular formula is C13H20BrNO. The largest absolute Gasteiger partial charge is 0.508 e. The summed E-state index contributed by atoms with van der Waals surface area (Å²) in [5.41, 5.74) is 0.977. The van der Waals surface area contributed by atoms with E-state index in [0.29, 0.717) is 11.8 Å². The van der Waals surface area contributed by atoms with E-state index in [-0.39, 0.29) is 6.04 Å². The molecule has 0 saturated heterocycles. The summed E-state index contributed by atoms with van der Waals surface area (Å²) in [5.74, 6) is 0.370. The number of phenolic OH excluding ortho intramolecular Hbond substituents is 1. The van der Waals surface area contributed by atoms with Crippen molar-refractivity contribution in [3.05, 3.63) is 28.2 Å². The molecule has 1 N–H and O–H groups in total. The van der Waals surface area contributed by atoms with Crippen LogP contribution in [0.4, 0.5) is 0 Å². The predicted molar refractivity (Wildman–Crippen MR) is 71.7 cm³/mol. The molecule has 0 saturated carbocycles.